The summed E-state index contributed by atoms with van der Waals surface area (Å²) in [5, 5.41) is 22.2. The number of hydrogen-bond acceptors (Lipinski definition) is 6. The molecule has 0 spiro atoms. The minimum Gasteiger partial charge on any atom is -0.396 e. The molecule has 2 heterocycles. The number of piperidine rings is 1. The maximum Gasteiger partial charge on any atom is 0.287 e. The zero-order chi connectivity index (χ0) is 15.9. The number of nitro groups is 1. The van der Waals surface area contributed by atoms with Gasteiger partial charge >= 0.3 is 0 Å². The fourth-order valence-corrected chi connectivity index (χ4v) is 2.51. The summed E-state index contributed by atoms with van der Waals surface area (Å²) < 4.78 is 0. The van der Waals surface area contributed by atoms with Gasteiger partial charge in [0.05, 0.1) is 10.8 Å². The second-order valence-electron chi connectivity index (χ2n) is 5.29. The van der Waals surface area contributed by atoms with E-state index in [-0.39, 0.29) is 24.1 Å². The Morgan fingerprint density at radius 3 is 3.00 bits per heavy atom. The highest BCUT2D eigenvalue weighted by Gasteiger charge is 2.26. The molecule has 0 aliphatic carbocycles. The second-order valence-corrected chi connectivity index (χ2v) is 5.29. The number of aliphatic hydroxyl groups is 1. The van der Waals surface area contributed by atoms with Gasteiger partial charge in [-0.3, -0.25) is 14.9 Å². The van der Waals surface area contributed by atoms with Crippen LogP contribution in [0.25, 0.3) is 0 Å². The van der Waals surface area contributed by atoms with E-state index in [0.29, 0.717) is 25.3 Å². The van der Waals surface area contributed by atoms with E-state index in [9.17, 15) is 14.9 Å². The molecule has 1 unspecified atom stereocenters. The van der Waals surface area contributed by atoms with Crippen molar-refractivity contribution >= 4 is 17.4 Å². The zero-order valence-corrected chi connectivity index (χ0v) is 12.3. The third kappa shape index (κ3) is 4.14. The Kier molecular flexibility index (Phi) is 5.65. The minimum absolute atomic E-state index is 0.0138. The zero-order valence-electron chi connectivity index (χ0n) is 12.3. The predicted molar refractivity (Wildman–Crippen MR) is 80.5 cm³/mol. The van der Waals surface area contributed by atoms with Gasteiger partial charge in [0.25, 0.3) is 5.69 Å². The number of hydrogen-bond donors (Lipinski definition) is 2. The molecule has 120 valence electrons. The number of amides is 1. The third-order valence-corrected chi connectivity index (χ3v) is 3.69. The molecule has 1 aliphatic rings. The van der Waals surface area contributed by atoms with Crippen molar-refractivity contribution in [2.24, 2.45) is 5.92 Å². The highest BCUT2D eigenvalue weighted by atomic mass is 16.6. The van der Waals surface area contributed by atoms with Crippen molar-refractivity contribution in [2.45, 2.75) is 19.3 Å². The van der Waals surface area contributed by atoms with Gasteiger partial charge in [-0.05, 0) is 25.3 Å². The van der Waals surface area contributed by atoms with Crippen molar-refractivity contribution in [3.63, 3.8) is 0 Å². The van der Waals surface area contributed by atoms with Crippen molar-refractivity contribution in [3.8, 4) is 0 Å². The number of aliphatic hydroxyl groups excluding tert-OH is 1. The van der Waals surface area contributed by atoms with Crippen LogP contribution < -0.4 is 10.2 Å². The molecule has 0 aromatic carbocycles. The van der Waals surface area contributed by atoms with Gasteiger partial charge in [0, 0.05) is 32.3 Å². The van der Waals surface area contributed by atoms with Crippen molar-refractivity contribution < 1.29 is 14.8 Å². The molecule has 2 rings (SSSR count). The third-order valence-electron chi connectivity index (χ3n) is 3.69. The maximum absolute atomic E-state index is 12.1. The van der Waals surface area contributed by atoms with E-state index in [1.54, 1.807) is 6.07 Å². The average molecular weight is 308 g/mol. The Morgan fingerprint density at radius 1 is 1.55 bits per heavy atom. The van der Waals surface area contributed by atoms with Gasteiger partial charge in [-0.2, -0.15) is 0 Å². The number of nitrogens with zero attached hydrogens (tertiary/aromatic N) is 3. The largest absolute Gasteiger partial charge is 0.396 e. The van der Waals surface area contributed by atoms with Crippen LogP contribution in [0, 0.1) is 16.0 Å². The summed E-state index contributed by atoms with van der Waals surface area (Å²) in [6.45, 7) is 1.87. The van der Waals surface area contributed by atoms with E-state index >= 15 is 0 Å². The van der Waals surface area contributed by atoms with Gasteiger partial charge in [-0.15, -0.1) is 0 Å². The van der Waals surface area contributed by atoms with Gasteiger partial charge in [-0.1, -0.05) is 0 Å². The Labute approximate surface area is 128 Å². The molecule has 2 N–H and O–H groups in total. The molecular weight excluding hydrogens is 288 g/mol. The van der Waals surface area contributed by atoms with E-state index in [0.717, 1.165) is 19.4 Å². The Bertz CT molecular complexity index is 520. The quantitative estimate of drug-likeness (QED) is 0.455. The van der Waals surface area contributed by atoms with Crippen molar-refractivity contribution in [2.75, 3.05) is 31.1 Å². The van der Waals surface area contributed by atoms with Crippen molar-refractivity contribution in [1.82, 2.24) is 10.3 Å². The summed E-state index contributed by atoms with van der Waals surface area (Å²) in [5.41, 5.74) is -0.0425. The lowest BCUT2D eigenvalue weighted by molar-refractivity contribution is -0.385. The molecule has 1 atom stereocenters. The molecule has 1 saturated heterocycles. The highest BCUT2D eigenvalue weighted by molar-refractivity contribution is 5.79. The molecule has 1 aliphatic heterocycles. The van der Waals surface area contributed by atoms with E-state index in [1.807, 2.05) is 4.90 Å². The first-order valence-electron chi connectivity index (χ1n) is 7.36. The Balaban J connectivity index is 1.95. The number of pyridine rings is 1. The van der Waals surface area contributed by atoms with Crippen LogP contribution >= 0.6 is 0 Å². The summed E-state index contributed by atoms with van der Waals surface area (Å²) in [7, 11) is 0. The van der Waals surface area contributed by atoms with Gasteiger partial charge < -0.3 is 15.3 Å². The summed E-state index contributed by atoms with van der Waals surface area (Å²) >= 11 is 0. The maximum atomic E-state index is 12.1. The van der Waals surface area contributed by atoms with Crippen LogP contribution in [0.3, 0.4) is 0 Å². The van der Waals surface area contributed by atoms with Gasteiger partial charge in [-0.25, -0.2) is 4.98 Å². The number of rotatable bonds is 6. The molecule has 1 aromatic heterocycles. The van der Waals surface area contributed by atoms with E-state index in [4.69, 9.17) is 5.11 Å². The van der Waals surface area contributed by atoms with Crippen molar-refractivity contribution in [3.05, 3.63) is 28.4 Å². The van der Waals surface area contributed by atoms with Crippen LogP contribution in [0.1, 0.15) is 19.3 Å². The number of carbonyl (C=O) groups excluding carboxylic acids is 1. The molecule has 1 aromatic rings. The molecule has 1 amide bonds. The fraction of sp³-hybridized carbons (Fsp3) is 0.571. The summed E-state index contributed by atoms with van der Waals surface area (Å²) in [5.74, 6) is 0.517. The molecule has 0 bridgehead atoms. The topological polar surface area (TPSA) is 109 Å². The molecule has 22 heavy (non-hydrogen) atoms. The smallest absolute Gasteiger partial charge is 0.287 e. The molecule has 8 heteroatoms. The molecule has 1 fully saturated rings. The first kappa shape index (κ1) is 16.2. The first-order valence-corrected chi connectivity index (χ1v) is 7.36. The second kappa shape index (κ2) is 7.69. The number of anilines is 1. The number of aromatic nitrogens is 1. The monoisotopic (exact) mass is 308 g/mol. The first-order chi connectivity index (χ1) is 10.6. The predicted octanol–water partition coefficient (Wildman–Crippen LogP) is 0.705. The SMILES string of the molecule is O=C(NCCCO)C1CCCN(c2ccc([N+](=O)[O-])cn2)C1. The fourth-order valence-electron chi connectivity index (χ4n) is 2.51. The number of nitrogens with one attached hydrogen (secondary N) is 1. The average Bonchev–Trinajstić information content (AvgIpc) is 2.55. The van der Waals surface area contributed by atoms with E-state index in [2.05, 4.69) is 10.3 Å². The van der Waals surface area contributed by atoms with Crippen LogP contribution in [-0.2, 0) is 4.79 Å². The van der Waals surface area contributed by atoms with E-state index < -0.39 is 4.92 Å². The summed E-state index contributed by atoms with van der Waals surface area (Å²) in [6, 6.07) is 3.04. The van der Waals surface area contributed by atoms with E-state index in [1.165, 1.54) is 12.3 Å². The van der Waals surface area contributed by atoms with Gasteiger partial charge in [0.15, 0.2) is 0 Å². The molecular formula is C14H20N4O4. The van der Waals surface area contributed by atoms with Crippen molar-refractivity contribution in [1.29, 1.82) is 0 Å². The van der Waals surface area contributed by atoms with Gasteiger partial charge in [0.1, 0.15) is 12.0 Å². The molecule has 0 radical (unpaired) electrons. The van der Waals surface area contributed by atoms with Crippen LogP contribution in [0.2, 0.25) is 0 Å². The number of carbonyl (C=O) groups is 1. The summed E-state index contributed by atoms with van der Waals surface area (Å²) in [6.07, 6.45) is 3.47. The standard InChI is InChI=1S/C14H20N4O4/c19-8-2-6-15-14(20)11-3-1-7-17(10-11)13-5-4-12(9-16-13)18(21)22/h4-5,9,11,19H,1-3,6-8,10H2,(H,15,20). The lowest BCUT2D eigenvalue weighted by Crippen LogP contribution is -2.43. The lowest BCUT2D eigenvalue weighted by atomic mass is 9.97. The normalized spacial score (nSPS) is 18.0. The van der Waals surface area contributed by atoms with Crippen LogP contribution in [0.4, 0.5) is 11.5 Å². The lowest BCUT2D eigenvalue weighted by Gasteiger charge is -2.32. The Hall–Kier alpha value is -2.22. The van der Waals surface area contributed by atoms with Crippen LogP contribution in [0.15, 0.2) is 18.3 Å². The van der Waals surface area contributed by atoms with Crippen LogP contribution in [0.5, 0.6) is 0 Å². The Morgan fingerprint density at radius 2 is 2.36 bits per heavy atom. The highest BCUT2D eigenvalue weighted by Crippen LogP contribution is 2.23. The summed E-state index contributed by atoms with van der Waals surface area (Å²) in [4.78, 5) is 28.3. The molecule has 8 nitrogen and oxygen atoms in total. The minimum atomic E-state index is -0.482. The molecule has 0 saturated carbocycles. The van der Waals surface area contributed by atoms with Gasteiger partial charge in [0.2, 0.25) is 5.91 Å². The van der Waals surface area contributed by atoms with Crippen LogP contribution in [-0.4, -0.2) is 47.2 Å².